The first-order valence-electron chi connectivity index (χ1n) is 0.698. The van der Waals surface area contributed by atoms with Gasteiger partial charge in [0.15, 0.2) is 0 Å². The minimum absolute atomic E-state index is 0. The van der Waals surface area contributed by atoms with Gasteiger partial charge in [-0.3, -0.25) is 9.11 Å². The lowest BCUT2D eigenvalue weighted by Crippen LogP contribution is -1.89. The number of hydrogen-bond donors (Lipinski definition) is 2. The summed E-state index contributed by atoms with van der Waals surface area (Å²) in [6, 6.07) is 0. The van der Waals surface area contributed by atoms with E-state index in [1.165, 1.54) is 0 Å². The van der Waals surface area contributed by atoms with Gasteiger partial charge in [-0.2, -0.15) is 8.42 Å². The van der Waals surface area contributed by atoms with E-state index in [-0.39, 0.29) is 5.48 Å². The van der Waals surface area contributed by atoms with Crippen molar-refractivity contribution >= 4 is 10.4 Å². The van der Waals surface area contributed by atoms with Crippen molar-refractivity contribution in [3.05, 3.63) is 0 Å². The predicted molar refractivity (Wildman–Crippen MR) is 14.9 cm³/mol. The van der Waals surface area contributed by atoms with Gasteiger partial charge in [0.1, 0.15) is 0 Å². The van der Waals surface area contributed by atoms with E-state index in [0.717, 1.165) is 0 Å². The molecule has 0 aliphatic heterocycles. The summed E-state index contributed by atoms with van der Waals surface area (Å²) < 4.78 is 31.6. The van der Waals surface area contributed by atoms with Crippen LogP contribution < -0.4 is 0 Å². The van der Waals surface area contributed by atoms with E-state index in [0.29, 0.717) is 0 Å². The first kappa shape index (κ1) is 9.27. The molecule has 0 aromatic carbocycles. The van der Waals surface area contributed by atoms with E-state index in [1.54, 1.807) is 0 Å². The quantitative estimate of drug-likeness (QED) is 0.403. The molecule has 0 aliphatic carbocycles. The third-order valence-electron chi connectivity index (χ3n) is 0. The van der Waals surface area contributed by atoms with Gasteiger partial charge < -0.3 is 0 Å². The summed E-state index contributed by atoms with van der Waals surface area (Å²) in [6.07, 6.45) is 0. The molecule has 0 rings (SSSR count). The van der Waals surface area contributed by atoms with E-state index < -0.39 is 10.4 Å². The van der Waals surface area contributed by atoms with Gasteiger partial charge in [-0.05, 0) is 0 Å². The summed E-state index contributed by atoms with van der Waals surface area (Å²) >= 11 is 0. The molecule has 38 valence electrons. The molecule has 6 heavy (non-hydrogen) atoms. The highest BCUT2D eigenvalue weighted by Gasteiger charge is 1.84. The van der Waals surface area contributed by atoms with Crippen LogP contribution in [0.3, 0.4) is 0 Å². The van der Waals surface area contributed by atoms with Crippen molar-refractivity contribution in [1.29, 1.82) is 0 Å². The zero-order valence-electron chi connectivity index (χ0n) is 2.53. The topological polar surface area (TPSA) is 103 Å². The summed E-state index contributed by atoms with van der Waals surface area (Å²) in [5, 5.41) is 0. The Morgan fingerprint density at radius 1 is 1.17 bits per heavy atom. The second-order valence-electron chi connectivity index (χ2n) is 0.448. The van der Waals surface area contributed by atoms with E-state index in [2.05, 4.69) is 0 Å². The fraction of sp³-hybridized carbons (Fsp3) is 0. The van der Waals surface area contributed by atoms with E-state index in [4.69, 9.17) is 17.5 Å². The fourth-order valence-electron chi connectivity index (χ4n) is 0. The highest BCUT2D eigenvalue weighted by molar-refractivity contribution is 7.79. The molecular weight excluding hydrogens is 112 g/mol. The summed E-state index contributed by atoms with van der Waals surface area (Å²) in [4.78, 5) is 0. The van der Waals surface area contributed by atoms with Crippen LogP contribution in [0.1, 0.15) is 0 Å². The molecule has 0 bridgehead atoms. The fourth-order valence-corrected chi connectivity index (χ4v) is 0. The normalized spacial score (nSPS) is 9.67. The molecule has 0 saturated carbocycles. The molecule has 0 fully saturated rings. The van der Waals surface area contributed by atoms with Crippen LogP contribution in [0.2, 0.25) is 0 Å². The second-order valence-corrected chi connectivity index (χ2v) is 1.34. The summed E-state index contributed by atoms with van der Waals surface area (Å²) in [5.74, 6) is 0. The lowest BCUT2D eigenvalue weighted by Gasteiger charge is -1.68. The molecule has 2 N–H and O–H groups in total. The molecule has 0 heterocycles. The average molecular weight is 114 g/mol. The van der Waals surface area contributed by atoms with Gasteiger partial charge in [-0.1, -0.05) is 0 Å². The highest BCUT2D eigenvalue weighted by Crippen LogP contribution is 1.59. The molecular formula is H2O5S. The molecule has 0 aromatic rings. The van der Waals surface area contributed by atoms with E-state index in [1.807, 2.05) is 0 Å². The minimum atomic E-state index is -4.67. The van der Waals surface area contributed by atoms with Crippen molar-refractivity contribution in [2.45, 2.75) is 0 Å². The third kappa shape index (κ3) is 1060. The summed E-state index contributed by atoms with van der Waals surface area (Å²) in [7, 11) is -4.67. The monoisotopic (exact) mass is 114 g/mol. The first-order chi connectivity index (χ1) is 2.00. The summed E-state index contributed by atoms with van der Waals surface area (Å²) in [5.41, 5.74) is 0. The minimum Gasteiger partial charge on any atom is -0.264 e. The van der Waals surface area contributed by atoms with Gasteiger partial charge in [0.05, 0.1) is 0 Å². The maximum Gasteiger partial charge on any atom is 0.394 e. The van der Waals surface area contributed by atoms with Crippen molar-refractivity contribution in [2.24, 2.45) is 0 Å². The van der Waals surface area contributed by atoms with Crippen molar-refractivity contribution in [3.8, 4) is 0 Å². The van der Waals surface area contributed by atoms with E-state index in [9.17, 15) is 0 Å². The predicted octanol–water partition coefficient (Wildman–Crippen LogP) is -0.772. The van der Waals surface area contributed by atoms with Gasteiger partial charge in [-0.15, -0.1) is 0 Å². The highest BCUT2D eigenvalue weighted by atomic mass is 32.3. The largest absolute Gasteiger partial charge is 0.394 e. The van der Waals surface area contributed by atoms with Crippen LogP contribution in [-0.4, -0.2) is 17.5 Å². The SMILES string of the molecule is O=S(=O)(O)O.[O]. The van der Waals surface area contributed by atoms with Gasteiger partial charge in [0.25, 0.3) is 0 Å². The lowest BCUT2D eigenvalue weighted by atomic mass is 15.8. The molecule has 5 nitrogen and oxygen atoms in total. The zero-order valence-corrected chi connectivity index (χ0v) is 3.34. The lowest BCUT2D eigenvalue weighted by molar-refractivity contribution is 0.381. The third-order valence-corrected chi connectivity index (χ3v) is 0. The maximum absolute atomic E-state index is 8.74. The Morgan fingerprint density at radius 2 is 1.17 bits per heavy atom. The molecule has 0 amide bonds. The number of hydrogen-bond acceptors (Lipinski definition) is 2. The van der Waals surface area contributed by atoms with Crippen molar-refractivity contribution in [2.75, 3.05) is 0 Å². The van der Waals surface area contributed by atoms with Crippen LogP contribution >= 0.6 is 0 Å². The molecule has 0 aliphatic rings. The Hall–Kier alpha value is -0.170. The molecule has 0 aromatic heterocycles. The van der Waals surface area contributed by atoms with Crippen LogP contribution in [0, 0.1) is 0 Å². The van der Waals surface area contributed by atoms with Crippen LogP contribution in [0.5, 0.6) is 0 Å². The average Bonchev–Trinajstić information content (AvgIpc) is 0.722. The molecule has 0 atom stereocenters. The maximum atomic E-state index is 8.74. The van der Waals surface area contributed by atoms with Gasteiger partial charge in [0.2, 0.25) is 0 Å². The van der Waals surface area contributed by atoms with E-state index >= 15 is 0 Å². The van der Waals surface area contributed by atoms with Crippen LogP contribution in [-0.2, 0) is 15.9 Å². The first-order valence-corrected chi connectivity index (χ1v) is 2.10. The molecule has 0 saturated heterocycles. The smallest absolute Gasteiger partial charge is 0.264 e. The number of rotatable bonds is 0. The van der Waals surface area contributed by atoms with Crippen molar-refractivity contribution < 1.29 is 23.0 Å². The molecule has 0 unspecified atom stereocenters. The molecule has 0 spiro atoms. The summed E-state index contributed by atoms with van der Waals surface area (Å²) in [6.45, 7) is 0. The molecule has 2 radical (unpaired) electrons. The Morgan fingerprint density at radius 3 is 1.17 bits per heavy atom. The van der Waals surface area contributed by atoms with Crippen LogP contribution in [0.4, 0.5) is 0 Å². The zero-order chi connectivity index (χ0) is 4.50. The Bertz CT molecular complexity index is 87.1. The Kier molecular flexibility index (Phi) is 3.22. The van der Waals surface area contributed by atoms with Crippen molar-refractivity contribution in [3.63, 3.8) is 0 Å². The van der Waals surface area contributed by atoms with Gasteiger partial charge >= 0.3 is 10.4 Å². The molecule has 6 heteroatoms. The second kappa shape index (κ2) is 2.08. The Balaban J connectivity index is 0. The van der Waals surface area contributed by atoms with Gasteiger partial charge in [-0.25, -0.2) is 0 Å². The van der Waals surface area contributed by atoms with Crippen molar-refractivity contribution in [1.82, 2.24) is 0 Å². The van der Waals surface area contributed by atoms with Gasteiger partial charge in [0, 0.05) is 5.48 Å². The van der Waals surface area contributed by atoms with Crippen LogP contribution in [0.15, 0.2) is 0 Å². The Labute approximate surface area is 34.5 Å². The standard InChI is InChI=1S/H2O4S.O/c1-5(2,3)4;/h(H2,1,2,3,4);. The van der Waals surface area contributed by atoms with Crippen LogP contribution in [0.25, 0.3) is 0 Å².